The van der Waals surface area contributed by atoms with E-state index in [-0.39, 0.29) is 29.4 Å². The minimum absolute atomic E-state index is 0.0523. The molecule has 2 aliphatic rings. The summed E-state index contributed by atoms with van der Waals surface area (Å²) >= 11 is 0. The van der Waals surface area contributed by atoms with Crippen molar-refractivity contribution in [2.24, 2.45) is 5.92 Å². The molecule has 2 unspecified atom stereocenters. The molecule has 1 aromatic carbocycles. The van der Waals surface area contributed by atoms with Crippen LogP contribution in [0.4, 0.5) is 13.2 Å². The van der Waals surface area contributed by atoms with Crippen molar-refractivity contribution in [1.82, 2.24) is 0 Å². The van der Waals surface area contributed by atoms with Crippen molar-refractivity contribution in [1.29, 1.82) is 0 Å². The maximum atomic E-state index is 12.4. The molecule has 0 radical (unpaired) electrons. The predicted octanol–water partition coefficient (Wildman–Crippen LogP) is 6.86. The third-order valence-corrected chi connectivity index (χ3v) is 7.12. The first-order valence-electron chi connectivity index (χ1n) is 11.3. The third-order valence-electron chi connectivity index (χ3n) is 7.12. The Morgan fingerprint density at radius 3 is 2.44 bits per heavy atom. The fraction of sp³-hybridized carbons (Fsp3) is 0.640. The number of phenolic OH excluding ortho intramolecular Hbond substituents is 1. The van der Waals surface area contributed by atoms with Crippen molar-refractivity contribution in [3.05, 3.63) is 34.9 Å². The summed E-state index contributed by atoms with van der Waals surface area (Å²) in [5.74, 6) is -0.360. The number of carboxylic acid groups (broad SMARTS) is 1. The summed E-state index contributed by atoms with van der Waals surface area (Å²) in [4.78, 5) is 11.6. The van der Waals surface area contributed by atoms with Gasteiger partial charge in [0.2, 0.25) is 0 Å². The molecular formula is C25H33F3O4. The second-order valence-electron chi connectivity index (χ2n) is 10.4. The van der Waals surface area contributed by atoms with Crippen LogP contribution in [0.25, 0.3) is 0 Å². The van der Waals surface area contributed by atoms with Crippen LogP contribution in [0.1, 0.15) is 89.7 Å². The van der Waals surface area contributed by atoms with Gasteiger partial charge in [-0.3, -0.25) is 0 Å². The first kappa shape index (κ1) is 24.5. The average Bonchev–Trinajstić information content (AvgIpc) is 2.65. The Hall–Kier alpha value is -2.18. The van der Waals surface area contributed by atoms with Gasteiger partial charge in [-0.2, -0.15) is 13.2 Å². The number of aliphatic carboxylic acids is 1. The Morgan fingerprint density at radius 2 is 1.81 bits per heavy atom. The van der Waals surface area contributed by atoms with Crippen LogP contribution in [0, 0.1) is 5.92 Å². The summed E-state index contributed by atoms with van der Waals surface area (Å²) < 4.78 is 43.4. The smallest absolute Gasteiger partial charge is 0.389 e. The summed E-state index contributed by atoms with van der Waals surface area (Å²) in [5, 5.41) is 20.4. The van der Waals surface area contributed by atoms with Gasteiger partial charge in [0.1, 0.15) is 17.1 Å². The number of carboxylic acids is 1. The van der Waals surface area contributed by atoms with Crippen LogP contribution in [0.3, 0.4) is 0 Å². The summed E-state index contributed by atoms with van der Waals surface area (Å²) in [6, 6.07) is 3.63. The molecule has 0 aromatic heterocycles. The lowest BCUT2D eigenvalue weighted by atomic mass is 9.66. The Bertz CT molecular complexity index is 899. The van der Waals surface area contributed by atoms with Crippen molar-refractivity contribution in [2.75, 3.05) is 0 Å². The zero-order chi connectivity index (χ0) is 23.9. The molecule has 32 heavy (non-hydrogen) atoms. The number of hydrogen-bond donors (Lipinski definition) is 2. The first-order chi connectivity index (χ1) is 14.7. The van der Waals surface area contributed by atoms with E-state index in [2.05, 4.69) is 0 Å². The highest BCUT2D eigenvalue weighted by atomic mass is 19.4. The second-order valence-corrected chi connectivity index (χ2v) is 10.4. The summed E-state index contributed by atoms with van der Waals surface area (Å²) in [6.07, 6.45) is -0.241. The number of halogens is 3. The molecular weight excluding hydrogens is 421 g/mol. The van der Waals surface area contributed by atoms with E-state index >= 15 is 0 Å². The normalized spacial score (nSPS) is 22.4. The minimum Gasteiger partial charge on any atom is -0.508 e. The van der Waals surface area contributed by atoms with Gasteiger partial charge < -0.3 is 14.9 Å². The maximum Gasteiger partial charge on any atom is 0.389 e. The number of unbranched alkanes of at least 4 members (excludes halogenated alkanes) is 2. The number of carbonyl (C=O) groups is 1. The Labute approximate surface area is 187 Å². The number of fused-ring (bicyclic) bond motifs is 3. The van der Waals surface area contributed by atoms with Gasteiger partial charge in [-0.25, -0.2) is 4.79 Å². The lowest BCUT2D eigenvalue weighted by molar-refractivity contribution is -0.136. The molecule has 0 bridgehead atoms. The first-order valence-corrected chi connectivity index (χ1v) is 11.3. The highest BCUT2D eigenvalue weighted by Crippen LogP contribution is 2.55. The molecule has 1 aliphatic carbocycles. The quantitative estimate of drug-likeness (QED) is 0.442. The third kappa shape index (κ3) is 5.24. The van der Waals surface area contributed by atoms with Crippen LogP contribution in [0.5, 0.6) is 11.5 Å². The van der Waals surface area contributed by atoms with Gasteiger partial charge in [-0.15, -0.1) is 0 Å². The summed E-state index contributed by atoms with van der Waals surface area (Å²) in [6.45, 7) is 8.01. The number of rotatable bonds is 7. The van der Waals surface area contributed by atoms with Gasteiger partial charge in [-0.1, -0.05) is 32.8 Å². The van der Waals surface area contributed by atoms with Crippen molar-refractivity contribution in [3.8, 4) is 11.5 Å². The number of ether oxygens (including phenoxy) is 1. The second kappa shape index (κ2) is 8.64. The number of phenols is 1. The number of allylic oxidation sites excluding steroid dienone is 1. The molecule has 1 aromatic rings. The molecule has 0 spiro atoms. The SMILES string of the molecule is CC(C)(CCCCCC(F)(F)F)c1cc(O)c2c(c1)OC(C)(C)C1CC=C(C(=O)O)CC21. The van der Waals surface area contributed by atoms with Crippen LogP contribution < -0.4 is 4.74 Å². The molecule has 4 nitrogen and oxygen atoms in total. The lowest BCUT2D eigenvalue weighted by Crippen LogP contribution is -2.46. The van der Waals surface area contributed by atoms with E-state index < -0.39 is 24.2 Å². The Balaban J connectivity index is 1.82. The van der Waals surface area contributed by atoms with Crippen LogP contribution in [-0.2, 0) is 10.2 Å². The molecule has 0 saturated heterocycles. The van der Waals surface area contributed by atoms with Gasteiger partial charge in [0.25, 0.3) is 0 Å². The molecule has 1 heterocycles. The van der Waals surface area contributed by atoms with Gasteiger partial charge in [0.05, 0.1) is 0 Å². The van der Waals surface area contributed by atoms with Crippen LogP contribution >= 0.6 is 0 Å². The predicted molar refractivity (Wildman–Crippen MR) is 116 cm³/mol. The van der Waals surface area contributed by atoms with E-state index in [1.807, 2.05) is 33.8 Å². The Kier molecular flexibility index (Phi) is 6.60. The van der Waals surface area contributed by atoms with Gasteiger partial charge in [0.15, 0.2) is 0 Å². The van der Waals surface area contributed by atoms with Crippen molar-refractivity contribution < 1.29 is 32.9 Å². The molecule has 7 heteroatoms. The van der Waals surface area contributed by atoms with Crippen molar-refractivity contribution in [3.63, 3.8) is 0 Å². The van der Waals surface area contributed by atoms with Crippen LogP contribution in [-0.4, -0.2) is 28.0 Å². The minimum atomic E-state index is -4.11. The topological polar surface area (TPSA) is 66.8 Å². The summed E-state index contributed by atoms with van der Waals surface area (Å²) in [7, 11) is 0. The van der Waals surface area contributed by atoms with E-state index in [0.29, 0.717) is 49.0 Å². The van der Waals surface area contributed by atoms with Gasteiger partial charge >= 0.3 is 12.1 Å². The molecule has 3 rings (SSSR count). The van der Waals surface area contributed by atoms with E-state index in [1.165, 1.54) is 0 Å². The fourth-order valence-corrected chi connectivity index (χ4v) is 5.17. The number of alkyl halides is 3. The largest absolute Gasteiger partial charge is 0.508 e. The van der Waals surface area contributed by atoms with Gasteiger partial charge in [-0.05, 0) is 62.6 Å². The van der Waals surface area contributed by atoms with E-state index in [9.17, 15) is 28.2 Å². The number of aromatic hydroxyl groups is 1. The summed E-state index contributed by atoms with van der Waals surface area (Å²) in [5.41, 5.74) is 1.01. The van der Waals surface area contributed by atoms with E-state index in [4.69, 9.17) is 4.74 Å². The highest BCUT2D eigenvalue weighted by molar-refractivity contribution is 5.87. The zero-order valence-corrected chi connectivity index (χ0v) is 19.2. The lowest BCUT2D eigenvalue weighted by Gasteiger charge is -2.47. The molecule has 2 atom stereocenters. The molecule has 0 fully saturated rings. The highest BCUT2D eigenvalue weighted by Gasteiger charge is 2.47. The van der Waals surface area contributed by atoms with Crippen LogP contribution in [0.2, 0.25) is 0 Å². The molecule has 0 saturated carbocycles. The maximum absolute atomic E-state index is 12.4. The van der Waals surface area contributed by atoms with Crippen LogP contribution in [0.15, 0.2) is 23.8 Å². The molecule has 2 N–H and O–H groups in total. The average molecular weight is 455 g/mol. The van der Waals surface area contributed by atoms with Gasteiger partial charge in [0, 0.05) is 29.4 Å². The van der Waals surface area contributed by atoms with Crippen molar-refractivity contribution >= 4 is 5.97 Å². The zero-order valence-electron chi connectivity index (χ0n) is 19.2. The van der Waals surface area contributed by atoms with E-state index in [0.717, 1.165) is 5.56 Å². The number of hydrogen-bond acceptors (Lipinski definition) is 3. The molecule has 178 valence electrons. The molecule has 0 amide bonds. The van der Waals surface area contributed by atoms with E-state index in [1.54, 1.807) is 12.1 Å². The van der Waals surface area contributed by atoms with Crippen molar-refractivity contribution in [2.45, 2.75) is 95.8 Å². The monoisotopic (exact) mass is 454 g/mol. The number of benzene rings is 1. The molecule has 1 aliphatic heterocycles. The standard InChI is InChI=1S/C25H33F3O4/c1-23(2,10-6-5-7-11-25(26,27)28)16-13-19(29)21-17-12-15(22(30)31)8-9-18(17)24(3,4)32-20(21)14-16/h8,13-14,17-18,29H,5-7,9-12H2,1-4H3,(H,30,31). The fourth-order valence-electron chi connectivity index (χ4n) is 5.17. The Morgan fingerprint density at radius 1 is 1.16 bits per heavy atom.